The smallest absolute Gasteiger partial charge is 0.132 e. The van der Waals surface area contributed by atoms with Crippen molar-refractivity contribution in [1.29, 1.82) is 0 Å². The predicted octanol–water partition coefficient (Wildman–Crippen LogP) is 5.38. The zero-order valence-corrected chi connectivity index (χ0v) is 17.4. The fourth-order valence-corrected chi connectivity index (χ4v) is 3.55. The molecule has 2 saturated carbocycles. The molecular formula is C24H36N4O. The molecule has 2 aliphatic rings. The maximum absolute atomic E-state index is 10.5. The van der Waals surface area contributed by atoms with Gasteiger partial charge in [-0.25, -0.2) is 0 Å². The van der Waals surface area contributed by atoms with Gasteiger partial charge in [-0.15, -0.1) is 0 Å². The average molecular weight is 397 g/mol. The van der Waals surface area contributed by atoms with Crippen molar-refractivity contribution in [2.24, 2.45) is 0 Å². The highest BCUT2D eigenvalue weighted by atomic mass is 16.1. The first-order valence-corrected chi connectivity index (χ1v) is 10.8. The van der Waals surface area contributed by atoms with Gasteiger partial charge in [0.05, 0.1) is 22.7 Å². The van der Waals surface area contributed by atoms with Crippen LogP contribution in [0.1, 0.15) is 64.2 Å². The van der Waals surface area contributed by atoms with Crippen molar-refractivity contribution in [1.82, 2.24) is 0 Å². The van der Waals surface area contributed by atoms with Crippen molar-refractivity contribution in [2.75, 3.05) is 22.5 Å². The van der Waals surface area contributed by atoms with Gasteiger partial charge in [0.15, 0.2) is 0 Å². The van der Waals surface area contributed by atoms with Gasteiger partial charge in [-0.05, 0) is 49.9 Å². The molecule has 4 rings (SSSR count). The number of benzene rings is 2. The van der Waals surface area contributed by atoms with E-state index >= 15 is 0 Å². The van der Waals surface area contributed by atoms with Crippen LogP contribution in [0.4, 0.5) is 22.7 Å². The number of nitrogen functional groups attached to an aromatic ring is 3. The quantitative estimate of drug-likeness (QED) is 0.510. The van der Waals surface area contributed by atoms with Crippen LogP contribution in [-0.4, -0.2) is 11.8 Å². The Morgan fingerprint density at radius 2 is 1.14 bits per heavy atom. The minimum atomic E-state index is 0.464. The minimum absolute atomic E-state index is 0.464. The van der Waals surface area contributed by atoms with E-state index in [1.165, 1.54) is 38.5 Å². The lowest BCUT2D eigenvalue weighted by atomic mass is 9.95. The molecule has 158 valence electrons. The molecule has 2 aliphatic carbocycles. The van der Waals surface area contributed by atoms with Crippen LogP contribution in [0.5, 0.6) is 0 Å². The minimum Gasteiger partial charge on any atom is -0.397 e. The number of nitrogens with two attached hydrogens (primary N) is 3. The Balaban J connectivity index is 0.000000170. The Kier molecular flexibility index (Phi) is 9.90. The summed E-state index contributed by atoms with van der Waals surface area (Å²) < 4.78 is 0. The highest BCUT2D eigenvalue weighted by Gasteiger charge is 2.13. The monoisotopic (exact) mass is 396 g/mol. The number of carbonyl (C=O) groups excluding carboxylic acids is 1. The molecule has 5 heteroatoms. The third-order valence-corrected chi connectivity index (χ3v) is 5.33. The first-order valence-electron chi connectivity index (χ1n) is 10.8. The van der Waals surface area contributed by atoms with Crippen LogP contribution in [0.3, 0.4) is 0 Å². The Morgan fingerprint density at radius 3 is 1.59 bits per heavy atom. The summed E-state index contributed by atoms with van der Waals surface area (Å²) in [5.74, 6) is 0.464. The SMILES string of the molecule is Nc1ccccc1N.Nc1ccccc1NC1CCCCC1.O=C1CCCCC1. The third-order valence-electron chi connectivity index (χ3n) is 5.33. The van der Waals surface area contributed by atoms with E-state index in [4.69, 9.17) is 17.2 Å². The first-order chi connectivity index (χ1) is 14.1. The summed E-state index contributed by atoms with van der Waals surface area (Å²) in [5, 5.41) is 3.52. The molecule has 0 radical (unpaired) electrons. The van der Waals surface area contributed by atoms with Gasteiger partial charge in [-0.1, -0.05) is 49.9 Å². The molecule has 0 amide bonds. The van der Waals surface area contributed by atoms with Gasteiger partial charge in [0.1, 0.15) is 5.78 Å². The van der Waals surface area contributed by atoms with Crippen LogP contribution in [-0.2, 0) is 4.79 Å². The van der Waals surface area contributed by atoms with Crippen LogP contribution in [0.15, 0.2) is 48.5 Å². The molecule has 0 aromatic heterocycles. The van der Waals surface area contributed by atoms with Gasteiger partial charge in [-0.2, -0.15) is 0 Å². The van der Waals surface area contributed by atoms with E-state index in [1.54, 1.807) is 12.1 Å². The lowest BCUT2D eigenvalue weighted by Gasteiger charge is -2.24. The lowest BCUT2D eigenvalue weighted by molar-refractivity contribution is -0.120. The summed E-state index contributed by atoms with van der Waals surface area (Å²) in [6, 6.07) is 15.9. The summed E-state index contributed by atoms with van der Waals surface area (Å²) in [6.45, 7) is 0. The van der Waals surface area contributed by atoms with Crippen LogP contribution >= 0.6 is 0 Å². The molecule has 0 heterocycles. The molecule has 0 atom stereocenters. The molecule has 0 aliphatic heterocycles. The zero-order valence-electron chi connectivity index (χ0n) is 17.4. The van der Waals surface area contributed by atoms with Gasteiger partial charge in [-0.3, -0.25) is 4.79 Å². The number of Topliss-reactive ketones (excluding diaryl/α,β-unsaturated/α-hetero) is 1. The maximum atomic E-state index is 10.5. The van der Waals surface area contributed by atoms with Crippen LogP contribution in [0, 0.1) is 0 Å². The van der Waals surface area contributed by atoms with Gasteiger partial charge in [0.2, 0.25) is 0 Å². The van der Waals surface area contributed by atoms with Gasteiger partial charge < -0.3 is 22.5 Å². The fraction of sp³-hybridized carbons (Fsp3) is 0.458. The lowest BCUT2D eigenvalue weighted by Crippen LogP contribution is -2.22. The number of carbonyl (C=O) groups is 1. The number of ketones is 1. The second-order valence-electron chi connectivity index (χ2n) is 7.79. The number of para-hydroxylation sites is 4. The summed E-state index contributed by atoms with van der Waals surface area (Å²) in [4.78, 5) is 10.5. The molecule has 2 aromatic rings. The van der Waals surface area contributed by atoms with E-state index in [0.29, 0.717) is 23.2 Å². The Bertz CT molecular complexity index is 712. The number of nitrogens with one attached hydrogen (secondary N) is 1. The van der Waals surface area contributed by atoms with E-state index in [9.17, 15) is 4.79 Å². The summed E-state index contributed by atoms with van der Waals surface area (Å²) in [7, 11) is 0. The Hall–Kier alpha value is -2.69. The van der Waals surface area contributed by atoms with Crippen molar-refractivity contribution in [3.8, 4) is 0 Å². The van der Waals surface area contributed by atoms with Gasteiger partial charge >= 0.3 is 0 Å². The molecule has 0 spiro atoms. The summed E-state index contributed by atoms with van der Waals surface area (Å²) in [6.07, 6.45) is 11.9. The summed E-state index contributed by atoms with van der Waals surface area (Å²) >= 11 is 0. The van der Waals surface area contributed by atoms with E-state index in [1.807, 2.05) is 30.3 Å². The molecular weight excluding hydrogens is 360 g/mol. The second-order valence-corrected chi connectivity index (χ2v) is 7.79. The van der Waals surface area contributed by atoms with Crippen molar-refractivity contribution < 1.29 is 4.79 Å². The zero-order chi connectivity index (χ0) is 20.9. The van der Waals surface area contributed by atoms with Gasteiger partial charge in [0.25, 0.3) is 0 Å². The van der Waals surface area contributed by atoms with E-state index in [0.717, 1.165) is 37.1 Å². The standard InChI is InChI=1S/C12H18N2.C6H8N2.C6H10O/c13-11-8-4-5-9-12(11)14-10-6-2-1-3-7-10;7-5-3-1-2-4-6(5)8;7-6-4-2-1-3-5-6/h4-5,8-10,14H,1-3,6-7,13H2;1-4H,7-8H2;1-5H2. The molecule has 0 bridgehead atoms. The fourth-order valence-electron chi connectivity index (χ4n) is 3.55. The third kappa shape index (κ3) is 8.90. The molecule has 2 fully saturated rings. The van der Waals surface area contributed by atoms with Gasteiger partial charge in [0, 0.05) is 18.9 Å². The Morgan fingerprint density at radius 1 is 0.655 bits per heavy atom. The molecule has 5 nitrogen and oxygen atoms in total. The maximum Gasteiger partial charge on any atom is 0.132 e. The number of rotatable bonds is 2. The molecule has 2 aromatic carbocycles. The van der Waals surface area contributed by atoms with Crippen LogP contribution in [0.25, 0.3) is 0 Å². The van der Waals surface area contributed by atoms with Crippen molar-refractivity contribution in [3.05, 3.63) is 48.5 Å². The normalized spacial score (nSPS) is 16.6. The highest BCUT2D eigenvalue weighted by molar-refractivity contribution is 5.78. The predicted molar refractivity (Wildman–Crippen MR) is 125 cm³/mol. The molecule has 0 unspecified atom stereocenters. The molecule has 29 heavy (non-hydrogen) atoms. The van der Waals surface area contributed by atoms with Crippen molar-refractivity contribution in [3.63, 3.8) is 0 Å². The molecule has 0 saturated heterocycles. The summed E-state index contributed by atoms with van der Waals surface area (Å²) in [5.41, 5.74) is 19.9. The number of hydrogen-bond donors (Lipinski definition) is 4. The largest absolute Gasteiger partial charge is 0.397 e. The second kappa shape index (κ2) is 12.7. The van der Waals surface area contributed by atoms with Crippen molar-refractivity contribution in [2.45, 2.75) is 70.3 Å². The first kappa shape index (κ1) is 22.6. The van der Waals surface area contributed by atoms with Crippen LogP contribution < -0.4 is 22.5 Å². The number of hydrogen-bond acceptors (Lipinski definition) is 5. The van der Waals surface area contributed by atoms with E-state index < -0.39 is 0 Å². The van der Waals surface area contributed by atoms with E-state index in [2.05, 4.69) is 11.4 Å². The average Bonchev–Trinajstić information content (AvgIpc) is 2.74. The topological polar surface area (TPSA) is 107 Å². The molecule has 7 N–H and O–H groups in total. The number of anilines is 4. The Labute approximate surface area is 175 Å². The van der Waals surface area contributed by atoms with E-state index in [-0.39, 0.29) is 0 Å². The van der Waals surface area contributed by atoms with Crippen LogP contribution in [0.2, 0.25) is 0 Å². The van der Waals surface area contributed by atoms with Crippen molar-refractivity contribution >= 4 is 28.5 Å². The highest BCUT2D eigenvalue weighted by Crippen LogP contribution is 2.24.